The van der Waals surface area contributed by atoms with Crippen molar-refractivity contribution in [1.29, 1.82) is 0 Å². The minimum absolute atomic E-state index is 0.165. The van der Waals surface area contributed by atoms with Crippen molar-refractivity contribution in [2.75, 3.05) is 27.2 Å². The third-order valence-electron chi connectivity index (χ3n) is 1.87. The molecule has 0 heterocycles. The minimum atomic E-state index is -2.58. The highest BCUT2D eigenvalue weighted by atomic mass is 32.9. The molecular weight excluding hydrogens is 299 g/mol. The average molecular weight is 316 g/mol. The predicted molar refractivity (Wildman–Crippen MR) is 73.0 cm³/mol. The van der Waals surface area contributed by atoms with Gasteiger partial charge in [-0.25, -0.2) is 0 Å². The molecule has 0 aromatic rings. The summed E-state index contributed by atoms with van der Waals surface area (Å²) in [6.45, 7) is 1.86. The molecule has 0 spiro atoms. The fourth-order valence-corrected chi connectivity index (χ4v) is 5.02. The van der Waals surface area contributed by atoms with Gasteiger partial charge in [0.2, 0.25) is 0 Å². The van der Waals surface area contributed by atoms with Crippen LogP contribution in [-0.4, -0.2) is 49.5 Å². The molecule has 0 bridgehead atoms. The number of rotatable bonds is 8. The summed E-state index contributed by atoms with van der Waals surface area (Å²) < 4.78 is 14.4. The van der Waals surface area contributed by atoms with Crippen molar-refractivity contribution in [3.05, 3.63) is 0 Å². The third-order valence-corrected chi connectivity index (χ3v) is 7.79. The van der Waals surface area contributed by atoms with Gasteiger partial charge < -0.3 is 19.1 Å². The van der Waals surface area contributed by atoms with Crippen molar-refractivity contribution in [2.45, 2.75) is 18.6 Å². The lowest BCUT2D eigenvalue weighted by Crippen LogP contribution is -2.24. The van der Waals surface area contributed by atoms with Gasteiger partial charge in [0, 0.05) is 7.11 Å². The molecule has 0 radical (unpaired) electrons. The topological polar surface area (TPSA) is 82.1 Å². The van der Waals surface area contributed by atoms with E-state index in [1.165, 1.54) is 14.2 Å². The summed E-state index contributed by atoms with van der Waals surface area (Å²) in [5.74, 6) is -1.11. The Bertz CT molecular complexity index is 327. The molecule has 0 saturated carbocycles. The summed E-state index contributed by atoms with van der Waals surface area (Å²) in [5.41, 5.74) is -2.58. The number of aliphatic hydroxyl groups is 1. The van der Waals surface area contributed by atoms with Crippen LogP contribution in [0.4, 0.5) is 0 Å². The first-order chi connectivity index (χ1) is 8.42. The highest BCUT2D eigenvalue weighted by Crippen LogP contribution is 2.60. The molecule has 2 atom stereocenters. The van der Waals surface area contributed by atoms with Crippen LogP contribution in [0.1, 0.15) is 13.3 Å². The van der Waals surface area contributed by atoms with Crippen molar-refractivity contribution in [3.8, 4) is 0 Å². The second-order valence-electron chi connectivity index (χ2n) is 3.06. The van der Waals surface area contributed by atoms with Crippen LogP contribution < -0.4 is 0 Å². The molecule has 0 rings (SSSR count). The number of ether oxygens (including phenoxy) is 2. The molecule has 0 aliphatic heterocycles. The number of carbonyl (C=O) groups is 2. The lowest BCUT2D eigenvalue weighted by molar-refractivity contribution is -0.147. The average Bonchev–Trinajstić information content (AvgIpc) is 2.37. The van der Waals surface area contributed by atoms with Crippen LogP contribution in [0, 0.1) is 0 Å². The zero-order chi connectivity index (χ0) is 14.2. The van der Waals surface area contributed by atoms with E-state index in [9.17, 15) is 9.59 Å². The van der Waals surface area contributed by atoms with Gasteiger partial charge in [-0.2, -0.15) is 0 Å². The van der Waals surface area contributed by atoms with Crippen LogP contribution in [-0.2, 0) is 35.4 Å². The molecule has 0 aliphatic carbocycles. The maximum absolute atomic E-state index is 11.7. The Hall–Kier alpha value is -0.140. The van der Waals surface area contributed by atoms with Crippen LogP contribution in [0.5, 0.6) is 0 Å². The first-order valence-electron chi connectivity index (χ1n) is 5.10. The van der Waals surface area contributed by atoms with E-state index < -0.39 is 22.7 Å². The van der Waals surface area contributed by atoms with Crippen LogP contribution in [0.25, 0.3) is 0 Å². The normalized spacial score (nSPS) is 15.6. The van der Waals surface area contributed by atoms with E-state index in [0.29, 0.717) is 0 Å². The fraction of sp³-hybridized carbons (Fsp3) is 0.778. The first-order valence-corrected chi connectivity index (χ1v) is 9.49. The number of methoxy groups -OCH3 is 1. The van der Waals surface area contributed by atoms with E-state index >= 15 is 0 Å². The smallest absolute Gasteiger partial charge is 0.320 e. The molecule has 0 aromatic heterocycles. The highest BCUT2D eigenvalue weighted by molar-refractivity contribution is 8.69. The van der Waals surface area contributed by atoms with Gasteiger partial charge in [0.1, 0.15) is 17.1 Å². The largest absolute Gasteiger partial charge is 0.469 e. The maximum atomic E-state index is 11.7. The molecule has 1 N–H and O–H groups in total. The molecule has 2 unspecified atom stereocenters. The summed E-state index contributed by atoms with van der Waals surface area (Å²) in [6, 6.07) is 0. The molecule has 106 valence electrons. The molecule has 0 saturated heterocycles. The molecule has 9 heteroatoms. The van der Waals surface area contributed by atoms with Crippen LogP contribution in [0.2, 0.25) is 0 Å². The van der Waals surface area contributed by atoms with Gasteiger partial charge in [0.15, 0.2) is 0 Å². The molecule has 0 fully saturated rings. The van der Waals surface area contributed by atoms with Gasteiger partial charge >= 0.3 is 11.9 Å². The van der Waals surface area contributed by atoms with Crippen LogP contribution in [0.3, 0.4) is 0 Å². The summed E-state index contributed by atoms with van der Waals surface area (Å²) in [6.07, 6.45) is -0.525. The number of carbonyl (C=O) groups excluding carboxylic acids is 2. The number of hydrogen-bond acceptors (Lipinski definition) is 8. The second-order valence-corrected chi connectivity index (χ2v) is 10.6. The minimum Gasteiger partial charge on any atom is -0.469 e. The van der Waals surface area contributed by atoms with Crippen molar-refractivity contribution >= 4 is 40.6 Å². The van der Waals surface area contributed by atoms with Gasteiger partial charge in [-0.15, -0.1) is 0 Å². The van der Waals surface area contributed by atoms with Crippen molar-refractivity contribution in [2.24, 2.45) is 0 Å². The lowest BCUT2D eigenvalue weighted by Gasteiger charge is -2.21. The summed E-state index contributed by atoms with van der Waals surface area (Å²) in [4.78, 5) is 22.9. The van der Waals surface area contributed by atoms with Crippen molar-refractivity contribution in [3.63, 3.8) is 0 Å². The van der Waals surface area contributed by atoms with Gasteiger partial charge in [-0.05, 0) is 6.92 Å². The molecule has 0 aliphatic rings. The second kappa shape index (κ2) is 8.87. The van der Waals surface area contributed by atoms with E-state index in [1.807, 2.05) is 0 Å². The Morgan fingerprint density at radius 1 is 1.44 bits per heavy atom. The summed E-state index contributed by atoms with van der Waals surface area (Å²) in [5, 5.41) is 8.34. The third kappa shape index (κ3) is 6.15. The van der Waals surface area contributed by atoms with E-state index in [2.05, 4.69) is 4.74 Å². The van der Waals surface area contributed by atoms with E-state index in [1.54, 1.807) is 6.92 Å². The fourth-order valence-electron chi connectivity index (χ4n) is 0.962. The van der Waals surface area contributed by atoms with Gasteiger partial charge in [-0.3, -0.25) is 9.59 Å². The first kappa shape index (κ1) is 17.9. The van der Waals surface area contributed by atoms with Crippen molar-refractivity contribution < 1.29 is 28.7 Å². The molecule has 0 amide bonds. The monoisotopic (exact) mass is 316 g/mol. The van der Waals surface area contributed by atoms with E-state index in [0.717, 1.165) is 11.4 Å². The standard InChI is InChI=1S/C9H17O6PS2/c1-4-15-9(12)7(5-8(11)13-2)18-16(17,6-10)14-3/h7,10H,4-6H2,1-3H3. The van der Waals surface area contributed by atoms with Gasteiger partial charge in [0.25, 0.3) is 0 Å². The number of esters is 2. The maximum Gasteiger partial charge on any atom is 0.320 e. The Balaban J connectivity index is 4.81. The molecule has 6 nitrogen and oxygen atoms in total. The zero-order valence-electron chi connectivity index (χ0n) is 10.5. The van der Waals surface area contributed by atoms with Crippen LogP contribution in [0.15, 0.2) is 0 Å². The molecule has 18 heavy (non-hydrogen) atoms. The Morgan fingerprint density at radius 3 is 2.44 bits per heavy atom. The van der Waals surface area contributed by atoms with Gasteiger partial charge in [-0.1, -0.05) is 23.2 Å². The Morgan fingerprint density at radius 2 is 2.06 bits per heavy atom. The summed E-state index contributed by atoms with van der Waals surface area (Å²) >= 11 is 6.08. The van der Waals surface area contributed by atoms with E-state index in [-0.39, 0.29) is 19.4 Å². The van der Waals surface area contributed by atoms with Crippen LogP contribution >= 0.6 is 16.8 Å². The predicted octanol–water partition coefficient (Wildman–Crippen LogP) is 1.12. The molecular formula is C9H17O6PS2. The summed E-state index contributed by atoms with van der Waals surface area (Å²) in [7, 11) is 2.60. The zero-order valence-corrected chi connectivity index (χ0v) is 13.0. The molecule has 0 aromatic carbocycles. The van der Waals surface area contributed by atoms with E-state index in [4.69, 9.17) is 26.2 Å². The number of aliphatic hydroxyl groups excluding tert-OH is 1. The van der Waals surface area contributed by atoms with Crippen molar-refractivity contribution in [1.82, 2.24) is 0 Å². The Kier molecular flexibility index (Phi) is 8.81. The Labute approximate surface area is 115 Å². The number of hydrogen-bond donors (Lipinski definition) is 1. The quantitative estimate of drug-likeness (QED) is 0.527. The van der Waals surface area contributed by atoms with Gasteiger partial charge in [0.05, 0.1) is 20.1 Å². The lowest BCUT2D eigenvalue weighted by atomic mass is 10.3. The SMILES string of the molecule is CCOC(=O)C(CC(=O)OC)SP(=S)(CO)OC. The highest BCUT2D eigenvalue weighted by Gasteiger charge is 2.31.